The zero-order chi connectivity index (χ0) is 12.8. The Morgan fingerprint density at radius 3 is 3.05 bits per heavy atom. The average Bonchev–Trinajstić information content (AvgIpc) is 2.75. The van der Waals surface area contributed by atoms with Crippen molar-refractivity contribution in [1.29, 1.82) is 0 Å². The number of anilines is 1. The summed E-state index contributed by atoms with van der Waals surface area (Å²) in [7, 11) is 0. The maximum atomic E-state index is 6.11. The first kappa shape index (κ1) is 10.6. The van der Waals surface area contributed by atoms with Crippen molar-refractivity contribution >= 4 is 17.7 Å². The fraction of sp³-hybridized carbons (Fsp3) is 0.188. The molecule has 2 aliphatic heterocycles. The first-order valence-electron chi connectivity index (χ1n) is 6.59. The highest BCUT2D eigenvalue weighted by atomic mass is 15.3. The Kier molecular flexibility index (Phi) is 2.15. The molecule has 2 heterocycles. The predicted octanol–water partition coefficient (Wildman–Crippen LogP) is 2.33. The molecule has 2 N–H and O–H groups in total. The van der Waals surface area contributed by atoms with Gasteiger partial charge in [0.25, 0.3) is 0 Å². The number of nitrogens with two attached hydrogens (primary N) is 1. The van der Waals surface area contributed by atoms with E-state index in [1.807, 2.05) is 0 Å². The molecule has 2 atom stereocenters. The second-order valence-electron chi connectivity index (χ2n) is 5.11. The first-order valence-corrected chi connectivity index (χ1v) is 6.59. The van der Waals surface area contributed by atoms with Gasteiger partial charge in [0.2, 0.25) is 0 Å². The molecule has 3 heteroatoms. The van der Waals surface area contributed by atoms with Crippen LogP contribution in [0.2, 0.25) is 0 Å². The van der Waals surface area contributed by atoms with Gasteiger partial charge in [-0.2, -0.15) is 0 Å². The number of aliphatic imine (C=N–C) groups is 1. The number of para-hydroxylation sites is 1. The Morgan fingerprint density at radius 1 is 1.21 bits per heavy atom. The Balaban J connectivity index is 1.94. The molecular formula is C16H15N3. The fourth-order valence-corrected chi connectivity index (χ4v) is 3.17. The number of hydrogen-bond donors (Lipinski definition) is 1. The van der Waals surface area contributed by atoms with Gasteiger partial charge in [-0.25, -0.2) is 0 Å². The molecule has 0 saturated heterocycles. The third kappa shape index (κ3) is 1.48. The fourth-order valence-electron chi connectivity index (χ4n) is 3.17. The minimum atomic E-state index is 0.302. The van der Waals surface area contributed by atoms with Crippen LogP contribution in [-0.2, 0) is 0 Å². The molecule has 1 aromatic rings. The van der Waals surface area contributed by atoms with Crippen molar-refractivity contribution in [2.45, 2.75) is 6.04 Å². The van der Waals surface area contributed by atoms with Gasteiger partial charge in [0.1, 0.15) is 0 Å². The lowest BCUT2D eigenvalue weighted by Gasteiger charge is -2.31. The number of rotatable bonds is 0. The zero-order valence-electron chi connectivity index (χ0n) is 10.5. The van der Waals surface area contributed by atoms with Crippen LogP contribution in [0.3, 0.4) is 0 Å². The Bertz CT molecular complexity index is 652. The molecule has 0 bridgehead atoms. The topological polar surface area (TPSA) is 41.6 Å². The van der Waals surface area contributed by atoms with Gasteiger partial charge < -0.3 is 10.6 Å². The minimum absolute atomic E-state index is 0.302. The molecule has 0 spiro atoms. The summed E-state index contributed by atoms with van der Waals surface area (Å²) < 4.78 is 0. The Labute approximate surface area is 112 Å². The van der Waals surface area contributed by atoms with E-state index in [0.29, 0.717) is 17.9 Å². The van der Waals surface area contributed by atoms with Crippen LogP contribution < -0.4 is 10.6 Å². The highest BCUT2D eigenvalue weighted by molar-refractivity contribution is 6.00. The van der Waals surface area contributed by atoms with Gasteiger partial charge in [0.15, 0.2) is 5.96 Å². The second-order valence-corrected chi connectivity index (χ2v) is 5.11. The number of fused-ring (bicyclic) bond motifs is 5. The van der Waals surface area contributed by atoms with E-state index < -0.39 is 0 Å². The summed E-state index contributed by atoms with van der Waals surface area (Å²) in [6.07, 6.45) is 10.9. The van der Waals surface area contributed by atoms with Gasteiger partial charge in [-0.05, 0) is 23.3 Å². The van der Waals surface area contributed by atoms with E-state index in [4.69, 9.17) is 5.73 Å². The molecule has 3 nitrogen and oxygen atoms in total. The van der Waals surface area contributed by atoms with Gasteiger partial charge in [0, 0.05) is 5.92 Å². The smallest absolute Gasteiger partial charge is 0.196 e. The number of allylic oxidation sites excluding steroid dienone is 3. The lowest BCUT2D eigenvalue weighted by Crippen LogP contribution is -2.44. The molecule has 3 aliphatic rings. The summed E-state index contributed by atoms with van der Waals surface area (Å²) in [5.74, 6) is 0.997. The van der Waals surface area contributed by atoms with Crippen LogP contribution in [0.1, 0.15) is 5.56 Å². The van der Waals surface area contributed by atoms with E-state index >= 15 is 0 Å². The second kappa shape index (κ2) is 3.85. The molecular weight excluding hydrogens is 234 g/mol. The molecule has 0 aromatic heterocycles. The van der Waals surface area contributed by atoms with Crippen LogP contribution in [0.4, 0.5) is 5.69 Å². The molecule has 2 unspecified atom stereocenters. The van der Waals surface area contributed by atoms with Crippen molar-refractivity contribution in [3.8, 4) is 0 Å². The Morgan fingerprint density at radius 2 is 2.11 bits per heavy atom. The van der Waals surface area contributed by atoms with Crippen molar-refractivity contribution in [3.05, 3.63) is 59.7 Å². The van der Waals surface area contributed by atoms with Crippen molar-refractivity contribution in [3.63, 3.8) is 0 Å². The summed E-state index contributed by atoms with van der Waals surface area (Å²) in [4.78, 5) is 6.63. The normalized spacial score (nSPS) is 27.1. The van der Waals surface area contributed by atoms with Crippen LogP contribution in [0.25, 0.3) is 6.08 Å². The maximum Gasteiger partial charge on any atom is 0.196 e. The lowest BCUT2D eigenvalue weighted by atomic mass is 9.87. The van der Waals surface area contributed by atoms with E-state index in [2.05, 4.69) is 64.5 Å². The highest BCUT2D eigenvalue weighted by Crippen LogP contribution is 2.38. The zero-order valence-corrected chi connectivity index (χ0v) is 10.5. The molecule has 0 saturated carbocycles. The van der Waals surface area contributed by atoms with E-state index in [9.17, 15) is 0 Å². The molecule has 0 fully saturated rings. The largest absolute Gasteiger partial charge is 0.370 e. The molecule has 4 rings (SSSR count). The van der Waals surface area contributed by atoms with Gasteiger partial charge in [0.05, 0.1) is 18.3 Å². The summed E-state index contributed by atoms with van der Waals surface area (Å²) in [5, 5.41) is 0. The third-order valence-electron chi connectivity index (χ3n) is 4.05. The van der Waals surface area contributed by atoms with Crippen molar-refractivity contribution in [2.75, 3.05) is 11.4 Å². The summed E-state index contributed by atoms with van der Waals surface area (Å²) in [6, 6.07) is 8.69. The number of benzene rings is 1. The van der Waals surface area contributed by atoms with Crippen molar-refractivity contribution in [2.24, 2.45) is 16.6 Å². The SMILES string of the molecule is NC1=NCC2C3C=CC=CC3=Cc3ccccc3N12. The van der Waals surface area contributed by atoms with Crippen LogP contribution in [0, 0.1) is 5.92 Å². The van der Waals surface area contributed by atoms with Crippen molar-refractivity contribution < 1.29 is 0 Å². The first-order chi connectivity index (χ1) is 9.34. The van der Waals surface area contributed by atoms with E-state index in [1.165, 1.54) is 11.1 Å². The van der Waals surface area contributed by atoms with Crippen LogP contribution >= 0.6 is 0 Å². The standard InChI is InChI=1S/C16H15N3/c17-16-18-10-15-13-7-3-1-5-11(13)9-12-6-2-4-8-14(12)19(15)16/h1-9,13,15H,10H2,(H2,17,18). The van der Waals surface area contributed by atoms with E-state index in [1.54, 1.807) is 0 Å². The summed E-state index contributed by atoms with van der Waals surface area (Å²) in [5.41, 5.74) is 9.82. The summed E-state index contributed by atoms with van der Waals surface area (Å²) >= 11 is 0. The molecule has 94 valence electrons. The summed E-state index contributed by atoms with van der Waals surface area (Å²) in [6.45, 7) is 0.764. The van der Waals surface area contributed by atoms with Crippen LogP contribution in [0.15, 0.2) is 59.1 Å². The van der Waals surface area contributed by atoms with Gasteiger partial charge in [-0.3, -0.25) is 4.99 Å². The molecule has 0 amide bonds. The van der Waals surface area contributed by atoms with Gasteiger partial charge >= 0.3 is 0 Å². The van der Waals surface area contributed by atoms with Gasteiger partial charge in [-0.1, -0.05) is 42.5 Å². The lowest BCUT2D eigenvalue weighted by molar-refractivity contribution is 0.599. The average molecular weight is 249 g/mol. The highest BCUT2D eigenvalue weighted by Gasteiger charge is 2.37. The quantitative estimate of drug-likeness (QED) is 0.766. The van der Waals surface area contributed by atoms with Gasteiger partial charge in [-0.15, -0.1) is 0 Å². The molecule has 1 aromatic carbocycles. The molecule has 0 radical (unpaired) electrons. The van der Waals surface area contributed by atoms with E-state index in [0.717, 1.165) is 12.2 Å². The molecule has 19 heavy (non-hydrogen) atoms. The van der Waals surface area contributed by atoms with Crippen LogP contribution in [-0.4, -0.2) is 18.5 Å². The van der Waals surface area contributed by atoms with E-state index in [-0.39, 0.29) is 0 Å². The minimum Gasteiger partial charge on any atom is -0.370 e. The maximum absolute atomic E-state index is 6.11. The number of nitrogens with zero attached hydrogens (tertiary/aromatic N) is 2. The monoisotopic (exact) mass is 249 g/mol. The van der Waals surface area contributed by atoms with Crippen LogP contribution in [0.5, 0.6) is 0 Å². The van der Waals surface area contributed by atoms with Crippen molar-refractivity contribution in [1.82, 2.24) is 0 Å². The predicted molar refractivity (Wildman–Crippen MR) is 78.9 cm³/mol. The third-order valence-corrected chi connectivity index (χ3v) is 4.05. The molecule has 1 aliphatic carbocycles. The number of guanidine groups is 1. The number of hydrogen-bond acceptors (Lipinski definition) is 3. The Hall–Kier alpha value is -2.29.